The second kappa shape index (κ2) is 4.49. The number of hydrogen-bond donors (Lipinski definition) is 1. The smallest absolute Gasteiger partial charge is 0.228 e. The maximum Gasteiger partial charge on any atom is 0.228 e. The van der Waals surface area contributed by atoms with Gasteiger partial charge in [-0.3, -0.25) is 4.79 Å². The topological polar surface area (TPSA) is 55.6 Å². The summed E-state index contributed by atoms with van der Waals surface area (Å²) in [5.41, 5.74) is 5.98. The van der Waals surface area contributed by atoms with Gasteiger partial charge in [-0.1, -0.05) is 6.92 Å². The Morgan fingerprint density at radius 3 is 2.87 bits per heavy atom. The lowest BCUT2D eigenvalue weighted by Crippen LogP contribution is -2.51. The fourth-order valence-corrected chi connectivity index (χ4v) is 2.29. The number of hydrogen-bond acceptors (Lipinski definition) is 3. The highest BCUT2D eigenvalue weighted by atomic mass is 16.5. The van der Waals surface area contributed by atoms with Crippen molar-refractivity contribution in [1.29, 1.82) is 0 Å². The van der Waals surface area contributed by atoms with Crippen molar-refractivity contribution in [3.63, 3.8) is 0 Å². The third-order valence-corrected chi connectivity index (χ3v) is 3.61. The van der Waals surface area contributed by atoms with Crippen LogP contribution < -0.4 is 5.73 Å². The number of amides is 1. The Hall–Kier alpha value is -0.610. The van der Waals surface area contributed by atoms with Crippen LogP contribution in [-0.4, -0.2) is 43.2 Å². The van der Waals surface area contributed by atoms with E-state index in [2.05, 4.69) is 6.92 Å². The van der Waals surface area contributed by atoms with Crippen LogP contribution >= 0.6 is 0 Å². The lowest BCUT2D eigenvalue weighted by Gasteiger charge is -2.36. The van der Waals surface area contributed by atoms with Crippen molar-refractivity contribution in [2.45, 2.75) is 25.8 Å². The summed E-state index contributed by atoms with van der Waals surface area (Å²) in [5.74, 6) is 0.870. The number of rotatable bonds is 1. The maximum atomic E-state index is 12.0. The van der Waals surface area contributed by atoms with Crippen molar-refractivity contribution < 1.29 is 9.53 Å². The molecule has 0 spiro atoms. The summed E-state index contributed by atoms with van der Waals surface area (Å²) in [6.07, 6.45) is 1.90. The quantitative estimate of drug-likeness (QED) is 0.676. The van der Waals surface area contributed by atoms with Crippen LogP contribution in [0.3, 0.4) is 0 Å². The van der Waals surface area contributed by atoms with Crippen molar-refractivity contribution >= 4 is 5.91 Å². The molecule has 1 amide bonds. The van der Waals surface area contributed by atoms with Gasteiger partial charge in [0.2, 0.25) is 5.91 Å². The van der Waals surface area contributed by atoms with E-state index >= 15 is 0 Å². The Bertz CT molecular complexity index is 239. The highest BCUT2D eigenvalue weighted by molar-refractivity contribution is 5.79. The van der Waals surface area contributed by atoms with Crippen LogP contribution in [0.25, 0.3) is 0 Å². The van der Waals surface area contributed by atoms with Crippen LogP contribution in [0.15, 0.2) is 0 Å². The molecule has 0 aromatic rings. The molecule has 0 aromatic heterocycles. The molecule has 0 bridgehead atoms. The lowest BCUT2D eigenvalue weighted by molar-refractivity contribution is -0.137. The number of likely N-dealkylation sites (tertiary alicyclic amines) is 1. The van der Waals surface area contributed by atoms with E-state index in [1.807, 2.05) is 4.90 Å². The molecule has 2 aliphatic heterocycles. The number of nitrogens with two attached hydrogens (primary N) is 1. The van der Waals surface area contributed by atoms with Gasteiger partial charge in [-0.25, -0.2) is 0 Å². The number of carbonyl (C=O) groups is 1. The van der Waals surface area contributed by atoms with E-state index in [0.29, 0.717) is 12.5 Å². The first-order valence-electron chi connectivity index (χ1n) is 5.80. The number of piperidine rings is 1. The summed E-state index contributed by atoms with van der Waals surface area (Å²) in [6.45, 7) is 5.07. The Kier molecular flexibility index (Phi) is 3.26. The van der Waals surface area contributed by atoms with E-state index < -0.39 is 0 Å². The summed E-state index contributed by atoms with van der Waals surface area (Å²) < 4.78 is 5.24. The monoisotopic (exact) mass is 212 g/mol. The van der Waals surface area contributed by atoms with Crippen molar-refractivity contribution in [2.75, 3.05) is 26.3 Å². The molecule has 0 saturated carbocycles. The molecule has 2 rings (SSSR count). The molecule has 86 valence electrons. The molecule has 0 aliphatic carbocycles. The van der Waals surface area contributed by atoms with Gasteiger partial charge in [-0.05, 0) is 18.8 Å². The summed E-state index contributed by atoms with van der Waals surface area (Å²) in [5, 5.41) is 0. The molecule has 2 aliphatic rings. The Morgan fingerprint density at radius 1 is 1.47 bits per heavy atom. The van der Waals surface area contributed by atoms with Crippen LogP contribution in [-0.2, 0) is 9.53 Å². The fraction of sp³-hybridized carbons (Fsp3) is 0.909. The van der Waals surface area contributed by atoms with Crippen LogP contribution in [0.1, 0.15) is 19.8 Å². The van der Waals surface area contributed by atoms with Crippen LogP contribution in [0.2, 0.25) is 0 Å². The van der Waals surface area contributed by atoms with E-state index in [1.54, 1.807) is 0 Å². The molecule has 4 heteroatoms. The molecule has 3 atom stereocenters. The minimum absolute atomic E-state index is 0.0885. The minimum atomic E-state index is 0.0885. The van der Waals surface area contributed by atoms with Gasteiger partial charge in [0.05, 0.1) is 12.5 Å². The highest BCUT2D eigenvalue weighted by Gasteiger charge is 2.32. The van der Waals surface area contributed by atoms with Crippen LogP contribution in [0, 0.1) is 11.8 Å². The molecular formula is C11H20N2O2. The first-order chi connectivity index (χ1) is 7.18. The summed E-state index contributed by atoms with van der Waals surface area (Å²) in [4.78, 5) is 14.0. The molecule has 2 N–H and O–H groups in total. The van der Waals surface area contributed by atoms with Crippen molar-refractivity contribution in [3.8, 4) is 0 Å². The van der Waals surface area contributed by atoms with E-state index in [0.717, 1.165) is 32.5 Å². The van der Waals surface area contributed by atoms with Crippen molar-refractivity contribution in [1.82, 2.24) is 4.90 Å². The summed E-state index contributed by atoms with van der Waals surface area (Å²) >= 11 is 0. The zero-order valence-electron chi connectivity index (χ0n) is 9.32. The SMILES string of the molecule is CC1CCN(C(=O)C2CCOC2)CC1N. The third-order valence-electron chi connectivity index (χ3n) is 3.61. The predicted octanol–water partition coefficient (Wildman–Crippen LogP) is 0.219. The van der Waals surface area contributed by atoms with Crippen molar-refractivity contribution in [2.24, 2.45) is 17.6 Å². The van der Waals surface area contributed by atoms with Crippen LogP contribution in [0.5, 0.6) is 0 Å². The molecule has 15 heavy (non-hydrogen) atoms. The maximum absolute atomic E-state index is 12.0. The zero-order chi connectivity index (χ0) is 10.8. The lowest BCUT2D eigenvalue weighted by atomic mass is 9.93. The van der Waals surface area contributed by atoms with E-state index in [4.69, 9.17) is 10.5 Å². The summed E-state index contributed by atoms with van der Waals surface area (Å²) in [6, 6.07) is 0.144. The average Bonchev–Trinajstić information content (AvgIpc) is 2.74. The molecule has 0 radical (unpaired) electrons. The molecule has 2 saturated heterocycles. The van der Waals surface area contributed by atoms with Gasteiger partial charge < -0.3 is 15.4 Å². The first kappa shape index (κ1) is 10.9. The largest absolute Gasteiger partial charge is 0.381 e. The molecular weight excluding hydrogens is 192 g/mol. The number of nitrogens with zero attached hydrogens (tertiary/aromatic N) is 1. The average molecular weight is 212 g/mol. The third kappa shape index (κ3) is 2.32. The predicted molar refractivity (Wildman–Crippen MR) is 57.3 cm³/mol. The van der Waals surface area contributed by atoms with Crippen LogP contribution in [0.4, 0.5) is 0 Å². The standard InChI is InChI=1S/C11H20N2O2/c1-8-2-4-13(6-10(8)12)11(14)9-3-5-15-7-9/h8-10H,2-7,12H2,1H3. The zero-order valence-corrected chi connectivity index (χ0v) is 9.32. The van der Waals surface area contributed by atoms with Gasteiger partial charge in [0.25, 0.3) is 0 Å². The van der Waals surface area contributed by atoms with Gasteiger partial charge >= 0.3 is 0 Å². The van der Waals surface area contributed by atoms with E-state index in [1.165, 1.54) is 0 Å². The minimum Gasteiger partial charge on any atom is -0.381 e. The van der Waals surface area contributed by atoms with Gasteiger partial charge in [0.1, 0.15) is 0 Å². The molecule has 4 nitrogen and oxygen atoms in total. The first-order valence-corrected chi connectivity index (χ1v) is 5.80. The Labute approximate surface area is 90.8 Å². The fourth-order valence-electron chi connectivity index (χ4n) is 2.29. The van der Waals surface area contributed by atoms with E-state index in [9.17, 15) is 4.79 Å². The van der Waals surface area contributed by atoms with Gasteiger partial charge in [-0.2, -0.15) is 0 Å². The summed E-state index contributed by atoms with van der Waals surface area (Å²) in [7, 11) is 0. The van der Waals surface area contributed by atoms with Crippen molar-refractivity contribution in [3.05, 3.63) is 0 Å². The number of carbonyl (C=O) groups excluding carboxylic acids is 1. The van der Waals surface area contributed by atoms with E-state index in [-0.39, 0.29) is 17.9 Å². The van der Waals surface area contributed by atoms with Gasteiger partial charge in [0.15, 0.2) is 0 Å². The normalized spacial score (nSPS) is 36.9. The second-order valence-corrected chi connectivity index (χ2v) is 4.77. The molecule has 2 fully saturated rings. The second-order valence-electron chi connectivity index (χ2n) is 4.77. The molecule has 2 heterocycles. The van der Waals surface area contributed by atoms with Gasteiger partial charge in [-0.15, -0.1) is 0 Å². The molecule has 0 aromatic carbocycles. The highest BCUT2D eigenvalue weighted by Crippen LogP contribution is 2.20. The Morgan fingerprint density at radius 2 is 2.27 bits per heavy atom. The Balaban J connectivity index is 1.90. The molecule has 3 unspecified atom stereocenters. The van der Waals surface area contributed by atoms with Gasteiger partial charge in [0, 0.05) is 25.7 Å². The number of ether oxygens (including phenoxy) is 1.